The first-order valence-electron chi connectivity index (χ1n) is 10.5. The fourth-order valence-corrected chi connectivity index (χ4v) is 4.32. The lowest BCUT2D eigenvalue weighted by molar-refractivity contribution is -0.140. The van der Waals surface area contributed by atoms with Gasteiger partial charge in [-0.1, -0.05) is 41.4 Å². The number of carbonyl (C=O) groups excluding carboxylic acids is 2. The minimum Gasteiger partial charge on any atom is -0.479 e. The molecule has 0 saturated carbocycles. The topological polar surface area (TPSA) is 71.5 Å². The van der Waals surface area contributed by atoms with Crippen LogP contribution in [0.5, 0.6) is 5.75 Å². The molecule has 0 bridgehead atoms. The van der Waals surface area contributed by atoms with Gasteiger partial charge in [0.1, 0.15) is 5.75 Å². The van der Waals surface area contributed by atoms with Crippen molar-refractivity contribution in [2.75, 3.05) is 18.4 Å². The van der Waals surface area contributed by atoms with Crippen molar-refractivity contribution in [1.82, 2.24) is 9.88 Å². The van der Waals surface area contributed by atoms with E-state index in [9.17, 15) is 9.59 Å². The first kappa shape index (κ1) is 22.4. The maximum atomic E-state index is 12.8. The SMILES string of the molecule is CC(Oc1ccc(Cl)cc1Cl)C(=O)N1CCC(C(=O)Nc2cccc3cccnc23)CC1. The fraction of sp³-hybridized carbons (Fsp3) is 0.292. The van der Waals surface area contributed by atoms with Gasteiger partial charge in [0.05, 0.1) is 16.2 Å². The van der Waals surface area contributed by atoms with Gasteiger partial charge in [0.2, 0.25) is 5.91 Å². The van der Waals surface area contributed by atoms with Gasteiger partial charge < -0.3 is 15.0 Å². The number of piperidine rings is 1. The Morgan fingerprint density at radius 3 is 2.62 bits per heavy atom. The minimum atomic E-state index is -0.694. The molecule has 1 fully saturated rings. The number of likely N-dealkylation sites (tertiary alicyclic amines) is 1. The van der Waals surface area contributed by atoms with Crippen molar-refractivity contribution in [1.29, 1.82) is 0 Å². The number of rotatable bonds is 5. The smallest absolute Gasteiger partial charge is 0.263 e. The Morgan fingerprint density at radius 1 is 1.12 bits per heavy atom. The Bertz CT molecular complexity index is 1140. The lowest BCUT2D eigenvalue weighted by Crippen LogP contribution is -2.46. The first-order valence-corrected chi connectivity index (χ1v) is 11.2. The highest BCUT2D eigenvalue weighted by atomic mass is 35.5. The number of halogens is 2. The van der Waals surface area contributed by atoms with E-state index in [0.29, 0.717) is 47.4 Å². The van der Waals surface area contributed by atoms with Crippen LogP contribution in [0, 0.1) is 5.92 Å². The molecule has 6 nitrogen and oxygen atoms in total. The van der Waals surface area contributed by atoms with Crippen LogP contribution in [0.1, 0.15) is 19.8 Å². The third-order valence-corrected chi connectivity index (χ3v) is 6.14. The van der Waals surface area contributed by atoms with Crippen LogP contribution < -0.4 is 10.1 Å². The van der Waals surface area contributed by atoms with E-state index in [4.69, 9.17) is 27.9 Å². The summed E-state index contributed by atoms with van der Waals surface area (Å²) < 4.78 is 5.74. The number of ether oxygens (including phenoxy) is 1. The third kappa shape index (κ3) is 4.97. The molecule has 4 rings (SSSR count). The highest BCUT2D eigenvalue weighted by molar-refractivity contribution is 6.35. The lowest BCUT2D eigenvalue weighted by atomic mass is 9.95. The molecule has 0 radical (unpaired) electrons. The lowest BCUT2D eigenvalue weighted by Gasteiger charge is -2.33. The molecule has 3 aromatic rings. The van der Waals surface area contributed by atoms with Gasteiger partial charge in [-0.15, -0.1) is 0 Å². The number of nitrogens with zero attached hydrogens (tertiary/aromatic N) is 2. The minimum absolute atomic E-state index is 0.0486. The molecule has 2 aromatic carbocycles. The van der Waals surface area contributed by atoms with Crippen LogP contribution in [-0.4, -0.2) is 40.9 Å². The number of fused-ring (bicyclic) bond motifs is 1. The monoisotopic (exact) mass is 471 g/mol. The molecular formula is C24H23Cl2N3O3. The average Bonchev–Trinajstić information content (AvgIpc) is 2.80. The van der Waals surface area contributed by atoms with E-state index in [2.05, 4.69) is 10.3 Å². The first-order chi connectivity index (χ1) is 15.4. The Kier molecular flexibility index (Phi) is 6.82. The van der Waals surface area contributed by atoms with Gasteiger partial charge in [0.25, 0.3) is 5.91 Å². The molecule has 1 atom stereocenters. The van der Waals surface area contributed by atoms with Crippen LogP contribution in [-0.2, 0) is 9.59 Å². The molecule has 2 amide bonds. The number of hydrogen-bond acceptors (Lipinski definition) is 4. The second-order valence-corrected chi connectivity index (χ2v) is 8.65. The summed E-state index contributed by atoms with van der Waals surface area (Å²) in [4.78, 5) is 31.8. The number of carbonyl (C=O) groups is 2. The van der Waals surface area contributed by atoms with Crippen molar-refractivity contribution >= 4 is 51.6 Å². The van der Waals surface area contributed by atoms with E-state index in [1.165, 1.54) is 0 Å². The summed E-state index contributed by atoms with van der Waals surface area (Å²) in [5, 5.41) is 4.84. The van der Waals surface area contributed by atoms with Gasteiger partial charge in [-0.3, -0.25) is 14.6 Å². The highest BCUT2D eigenvalue weighted by Crippen LogP contribution is 2.29. The molecule has 0 spiro atoms. The number of amides is 2. The number of hydrogen-bond donors (Lipinski definition) is 1. The molecule has 1 aromatic heterocycles. The molecule has 2 heterocycles. The van der Waals surface area contributed by atoms with Gasteiger partial charge in [-0.2, -0.15) is 0 Å². The number of para-hydroxylation sites is 1. The maximum Gasteiger partial charge on any atom is 0.263 e. The quantitative estimate of drug-likeness (QED) is 0.555. The summed E-state index contributed by atoms with van der Waals surface area (Å²) >= 11 is 12.0. The molecule has 1 saturated heterocycles. The van der Waals surface area contributed by atoms with E-state index < -0.39 is 6.10 Å². The Hall–Kier alpha value is -2.83. The molecule has 8 heteroatoms. The van der Waals surface area contributed by atoms with Crippen molar-refractivity contribution in [3.63, 3.8) is 0 Å². The number of benzene rings is 2. The second kappa shape index (κ2) is 9.76. The predicted octanol–water partition coefficient (Wildman–Crippen LogP) is 5.19. The highest BCUT2D eigenvalue weighted by Gasteiger charge is 2.30. The Labute approximate surface area is 196 Å². The van der Waals surface area contributed by atoms with E-state index in [1.807, 2.05) is 30.3 Å². The van der Waals surface area contributed by atoms with Crippen molar-refractivity contribution in [2.45, 2.75) is 25.9 Å². The van der Waals surface area contributed by atoms with Crippen LogP contribution >= 0.6 is 23.2 Å². The summed E-state index contributed by atoms with van der Waals surface area (Å²) in [7, 11) is 0. The van der Waals surface area contributed by atoms with Crippen LogP contribution in [0.2, 0.25) is 10.0 Å². The standard InChI is InChI=1S/C24H23Cl2N3O3/c1-15(32-21-8-7-18(25)14-19(21)26)24(31)29-12-9-17(10-13-29)23(30)28-20-6-2-4-16-5-3-11-27-22(16)20/h2-8,11,14-15,17H,9-10,12-13H2,1H3,(H,28,30). The fourth-order valence-electron chi connectivity index (χ4n) is 3.87. The van der Waals surface area contributed by atoms with Crippen LogP contribution in [0.15, 0.2) is 54.7 Å². The largest absolute Gasteiger partial charge is 0.479 e. The normalized spacial score (nSPS) is 15.4. The molecule has 1 aliphatic heterocycles. The zero-order chi connectivity index (χ0) is 22.7. The summed E-state index contributed by atoms with van der Waals surface area (Å²) in [6.45, 7) is 2.68. The molecular weight excluding hydrogens is 449 g/mol. The van der Waals surface area contributed by atoms with Crippen molar-refractivity contribution in [3.8, 4) is 5.75 Å². The number of nitrogens with one attached hydrogen (secondary N) is 1. The van der Waals surface area contributed by atoms with E-state index in [-0.39, 0.29) is 17.7 Å². The number of anilines is 1. The molecule has 0 aliphatic carbocycles. The van der Waals surface area contributed by atoms with Crippen molar-refractivity contribution in [3.05, 3.63) is 64.8 Å². The number of pyridine rings is 1. The summed E-state index contributed by atoms with van der Waals surface area (Å²) in [6.07, 6.45) is 2.19. The predicted molar refractivity (Wildman–Crippen MR) is 126 cm³/mol. The summed E-state index contributed by atoms with van der Waals surface area (Å²) in [5.41, 5.74) is 1.47. The van der Waals surface area contributed by atoms with Crippen molar-refractivity contribution in [2.24, 2.45) is 5.92 Å². The van der Waals surface area contributed by atoms with E-state index in [0.717, 1.165) is 10.9 Å². The van der Waals surface area contributed by atoms with Crippen molar-refractivity contribution < 1.29 is 14.3 Å². The van der Waals surface area contributed by atoms with Crippen LogP contribution in [0.4, 0.5) is 5.69 Å². The van der Waals surface area contributed by atoms with Crippen LogP contribution in [0.25, 0.3) is 10.9 Å². The van der Waals surface area contributed by atoms with Crippen LogP contribution in [0.3, 0.4) is 0 Å². The summed E-state index contributed by atoms with van der Waals surface area (Å²) in [6, 6.07) is 14.4. The summed E-state index contributed by atoms with van der Waals surface area (Å²) in [5.74, 6) is 0.0652. The maximum absolute atomic E-state index is 12.8. The number of aromatic nitrogens is 1. The van der Waals surface area contributed by atoms with Gasteiger partial charge >= 0.3 is 0 Å². The van der Waals surface area contributed by atoms with Gasteiger partial charge in [-0.05, 0) is 50.1 Å². The molecule has 166 valence electrons. The van der Waals surface area contributed by atoms with Gasteiger partial charge in [-0.25, -0.2) is 0 Å². The molecule has 1 N–H and O–H groups in total. The van der Waals surface area contributed by atoms with Gasteiger partial charge in [0, 0.05) is 35.6 Å². The molecule has 1 aliphatic rings. The van der Waals surface area contributed by atoms with E-state index in [1.54, 1.807) is 36.2 Å². The molecule has 32 heavy (non-hydrogen) atoms. The Morgan fingerprint density at radius 2 is 1.88 bits per heavy atom. The molecule has 1 unspecified atom stereocenters. The zero-order valence-electron chi connectivity index (χ0n) is 17.6. The zero-order valence-corrected chi connectivity index (χ0v) is 19.1. The van der Waals surface area contributed by atoms with E-state index >= 15 is 0 Å². The Balaban J connectivity index is 1.33. The van der Waals surface area contributed by atoms with Gasteiger partial charge in [0.15, 0.2) is 6.10 Å². The third-order valence-electron chi connectivity index (χ3n) is 5.61. The second-order valence-electron chi connectivity index (χ2n) is 7.80. The average molecular weight is 472 g/mol.